The summed E-state index contributed by atoms with van der Waals surface area (Å²) in [4.78, 5) is 4.41. The van der Waals surface area contributed by atoms with Gasteiger partial charge in [0.05, 0.1) is 23.2 Å². The number of nitrogens with zero attached hydrogens (tertiary/aromatic N) is 1. The molecule has 2 rings (SSSR count). The highest BCUT2D eigenvalue weighted by Gasteiger charge is 2.03. The lowest BCUT2D eigenvalue weighted by atomic mass is 10.2. The maximum Gasteiger partial charge on any atom is 0.123 e. The molecule has 0 bridgehead atoms. The summed E-state index contributed by atoms with van der Waals surface area (Å²) < 4.78 is 5.74. The van der Waals surface area contributed by atoms with Crippen LogP contribution in [0.15, 0.2) is 23.6 Å². The van der Waals surface area contributed by atoms with Crippen molar-refractivity contribution in [3.8, 4) is 5.75 Å². The Morgan fingerprint density at radius 2 is 2.21 bits per heavy atom. The van der Waals surface area contributed by atoms with Crippen molar-refractivity contribution in [1.82, 2.24) is 4.98 Å². The van der Waals surface area contributed by atoms with E-state index >= 15 is 0 Å². The van der Waals surface area contributed by atoms with Gasteiger partial charge < -0.3 is 4.74 Å². The Morgan fingerprint density at radius 3 is 2.95 bits per heavy atom. The van der Waals surface area contributed by atoms with Crippen molar-refractivity contribution in [3.05, 3.63) is 44.9 Å². The molecule has 1 heterocycles. The smallest absolute Gasteiger partial charge is 0.123 e. The number of alkyl halides is 1. The van der Waals surface area contributed by atoms with E-state index in [0.717, 1.165) is 34.9 Å². The molecule has 0 radical (unpaired) electrons. The highest BCUT2D eigenvalue weighted by atomic mass is 35.5. The van der Waals surface area contributed by atoms with Gasteiger partial charge in [-0.2, -0.15) is 0 Å². The third-order valence-electron chi connectivity index (χ3n) is 2.68. The summed E-state index contributed by atoms with van der Waals surface area (Å²) in [6.45, 7) is 2.68. The predicted molar refractivity (Wildman–Crippen MR) is 81.7 cm³/mol. The number of halogens is 2. The summed E-state index contributed by atoms with van der Waals surface area (Å²) in [5, 5.41) is 3.82. The van der Waals surface area contributed by atoms with Gasteiger partial charge in [0.2, 0.25) is 0 Å². The quantitative estimate of drug-likeness (QED) is 0.561. The average molecular weight is 316 g/mol. The van der Waals surface area contributed by atoms with Crippen LogP contribution in [0, 0.1) is 6.92 Å². The molecule has 0 N–H and O–H groups in total. The summed E-state index contributed by atoms with van der Waals surface area (Å²) in [5.41, 5.74) is 2.05. The first-order chi connectivity index (χ1) is 9.19. The minimum absolute atomic E-state index is 0.481. The van der Waals surface area contributed by atoms with Crippen LogP contribution in [0.2, 0.25) is 5.02 Å². The molecule has 0 aliphatic carbocycles. The highest BCUT2D eigenvalue weighted by molar-refractivity contribution is 7.09. The fourth-order valence-corrected chi connectivity index (χ4v) is 2.89. The van der Waals surface area contributed by atoms with Gasteiger partial charge in [-0.05, 0) is 31.0 Å². The Labute approximate surface area is 127 Å². The van der Waals surface area contributed by atoms with Crippen molar-refractivity contribution in [1.29, 1.82) is 0 Å². The van der Waals surface area contributed by atoms with Crippen LogP contribution < -0.4 is 4.74 Å². The van der Waals surface area contributed by atoms with Crippen LogP contribution in [0.25, 0.3) is 0 Å². The topological polar surface area (TPSA) is 22.1 Å². The first kappa shape index (κ1) is 14.6. The minimum Gasteiger partial charge on any atom is -0.493 e. The van der Waals surface area contributed by atoms with Crippen LogP contribution in [0.5, 0.6) is 5.75 Å². The second-order valence-electron chi connectivity index (χ2n) is 4.23. The molecule has 102 valence electrons. The molecule has 0 saturated heterocycles. The molecule has 0 saturated carbocycles. The number of aromatic nitrogens is 1. The molecule has 0 unspecified atom stereocenters. The van der Waals surface area contributed by atoms with Crippen LogP contribution in [-0.4, -0.2) is 11.6 Å². The standard InChI is InChI=1S/C14H15Cl2NOS/c1-10-4-5-11(16)7-13(10)18-6-2-3-14-17-12(8-15)9-19-14/h4-5,7,9H,2-3,6,8H2,1H3. The fourth-order valence-electron chi connectivity index (χ4n) is 1.66. The normalized spacial score (nSPS) is 10.7. The number of hydrogen-bond donors (Lipinski definition) is 0. The van der Waals surface area contributed by atoms with Crippen molar-refractivity contribution in [3.63, 3.8) is 0 Å². The van der Waals surface area contributed by atoms with E-state index in [1.54, 1.807) is 11.3 Å². The third-order valence-corrected chi connectivity index (χ3v) is 4.15. The van der Waals surface area contributed by atoms with E-state index in [1.807, 2.05) is 30.5 Å². The second-order valence-corrected chi connectivity index (χ2v) is 5.87. The number of rotatable bonds is 6. The summed E-state index contributed by atoms with van der Waals surface area (Å²) in [7, 11) is 0. The van der Waals surface area contributed by atoms with E-state index in [9.17, 15) is 0 Å². The molecular weight excluding hydrogens is 301 g/mol. The van der Waals surface area contributed by atoms with Crippen LogP contribution in [0.3, 0.4) is 0 Å². The minimum atomic E-state index is 0.481. The number of aryl methyl sites for hydroxylation is 2. The van der Waals surface area contributed by atoms with E-state index < -0.39 is 0 Å². The Hall–Kier alpha value is -0.770. The lowest BCUT2D eigenvalue weighted by molar-refractivity contribution is 0.309. The number of thiazole rings is 1. The molecule has 2 aromatic rings. The average Bonchev–Trinajstić information content (AvgIpc) is 2.86. The zero-order chi connectivity index (χ0) is 13.7. The highest BCUT2D eigenvalue weighted by Crippen LogP contribution is 2.22. The largest absolute Gasteiger partial charge is 0.493 e. The molecule has 0 aliphatic rings. The van der Waals surface area contributed by atoms with Gasteiger partial charge >= 0.3 is 0 Å². The lowest BCUT2D eigenvalue weighted by Gasteiger charge is -2.08. The number of benzene rings is 1. The fraction of sp³-hybridized carbons (Fsp3) is 0.357. The molecule has 0 atom stereocenters. The monoisotopic (exact) mass is 315 g/mol. The maximum atomic E-state index is 5.94. The molecule has 1 aromatic carbocycles. The molecule has 0 spiro atoms. The first-order valence-corrected chi connectivity index (χ1v) is 7.86. The van der Waals surface area contributed by atoms with E-state index in [1.165, 1.54) is 0 Å². The SMILES string of the molecule is Cc1ccc(Cl)cc1OCCCc1nc(CCl)cs1. The van der Waals surface area contributed by atoms with Crippen molar-refractivity contribution in [2.75, 3.05) is 6.61 Å². The summed E-state index contributed by atoms with van der Waals surface area (Å²) >= 11 is 13.3. The third kappa shape index (κ3) is 4.37. The zero-order valence-electron chi connectivity index (χ0n) is 10.7. The number of ether oxygens (including phenoxy) is 1. The van der Waals surface area contributed by atoms with Gasteiger partial charge in [0, 0.05) is 16.8 Å². The summed E-state index contributed by atoms with van der Waals surface area (Å²) in [5.74, 6) is 1.34. The van der Waals surface area contributed by atoms with Crippen LogP contribution in [0.1, 0.15) is 22.7 Å². The van der Waals surface area contributed by atoms with Gasteiger partial charge in [-0.25, -0.2) is 4.98 Å². The number of hydrogen-bond acceptors (Lipinski definition) is 3. The molecule has 5 heteroatoms. The summed E-state index contributed by atoms with van der Waals surface area (Å²) in [6, 6.07) is 5.68. The second kappa shape index (κ2) is 7.13. The van der Waals surface area contributed by atoms with E-state index in [4.69, 9.17) is 27.9 Å². The Balaban J connectivity index is 1.79. The van der Waals surface area contributed by atoms with Crippen LogP contribution >= 0.6 is 34.5 Å². The van der Waals surface area contributed by atoms with Gasteiger partial charge in [0.25, 0.3) is 0 Å². The molecule has 1 aromatic heterocycles. The molecule has 2 nitrogen and oxygen atoms in total. The van der Waals surface area contributed by atoms with Gasteiger partial charge in [0.15, 0.2) is 0 Å². The Morgan fingerprint density at radius 1 is 1.37 bits per heavy atom. The Bertz CT molecular complexity index is 542. The van der Waals surface area contributed by atoms with Crippen molar-refractivity contribution in [2.45, 2.75) is 25.6 Å². The van der Waals surface area contributed by atoms with Crippen LogP contribution in [0.4, 0.5) is 0 Å². The van der Waals surface area contributed by atoms with Crippen LogP contribution in [-0.2, 0) is 12.3 Å². The van der Waals surface area contributed by atoms with Gasteiger partial charge in [-0.15, -0.1) is 22.9 Å². The van der Waals surface area contributed by atoms with Gasteiger partial charge in [-0.3, -0.25) is 0 Å². The maximum absolute atomic E-state index is 5.94. The van der Waals surface area contributed by atoms with E-state index in [0.29, 0.717) is 17.5 Å². The predicted octanol–water partition coefficient (Wildman–Crippen LogP) is 4.86. The molecular formula is C14H15Cl2NOS. The first-order valence-electron chi connectivity index (χ1n) is 6.07. The Kier molecular flexibility index (Phi) is 5.49. The lowest BCUT2D eigenvalue weighted by Crippen LogP contribution is -2.00. The van der Waals surface area contributed by atoms with Crippen molar-refractivity contribution < 1.29 is 4.74 Å². The van der Waals surface area contributed by atoms with Crippen molar-refractivity contribution in [2.24, 2.45) is 0 Å². The molecule has 19 heavy (non-hydrogen) atoms. The van der Waals surface area contributed by atoms with Gasteiger partial charge in [-0.1, -0.05) is 17.7 Å². The molecule has 0 fully saturated rings. The zero-order valence-corrected chi connectivity index (χ0v) is 13.0. The summed E-state index contributed by atoms with van der Waals surface area (Å²) in [6.07, 6.45) is 1.85. The van der Waals surface area contributed by atoms with E-state index in [-0.39, 0.29) is 0 Å². The van der Waals surface area contributed by atoms with Gasteiger partial charge in [0.1, 0.15) is 5.75 Å². The molecule has 0 aliphatic heterocycles. The van der Waals surface area contributed by atoms with Crippen molar-refractivity contribution >= 4 is 34.5 Å². The molecule has 0 amide bonds. The van der Waals surface area contributed by atoms with E-state index in [2.05, 4.69) is 4.98 Å².